The number of benzene rings is 2. The summed E-state index contributed by atoms with van der Waals surface area (Å²) in [6.07, 6.45) is 0. The van der Waals surface area contributed by atoms with E-state index in [2.05, 4.69) is 16.0 Å². The zero-order valence-electron chi connectivity index (χ0n) is 19.0. The van der Waals surface area contributed by atoms with Gasteiger partial charge in [-0.25, -0.2) is 23.6 Å². The van der Waals surface area contributed by atoms with Crippen molar-refractivity contribution >= 4 is 11.0 Å². The zero-order valence-corrected chi connectivity index (χ0v) is 19.7. The van der Waals surface area contributed by atoms with E-state index >= 15 is 0 Å². The number of hydrogen-bond acceptors (Lipinski definition) is 9. The van der Waals surface area contributed by atoms with Crippen LogP contribution in [0.4, 0.5) is 0 Å². The smallest absolute Gasteiger partial charge is 0.213 e. The van der Waals surface area contributed by atoms with Gasteiger partial charge in [-0.3, -0.25) is 4.90 Å². The third-order valence-electron chi connectivity index (χ3n) is 5.19. The number of rotatable bonds is 6. The second kappa shape index (κ2) is 12.1. The normalized spacial score (nSPS) is 15.1. The van der Waals surface area contributed by atoms with Crippen LogP contribution in [0.15, 0.2) is 52.9 Å². The number of fused-ring (bicyclic) bond motifs is 1. The highest BCUT2D eigenvalue weighted by molar-refractivity contribution is 5.79. The maximum Gasteiger partial charge on any atom is 0.213 e. The summed E-state index contributed by atoms with van der Waals surface area (Å²) in [5.41, 5.74) is 1.81. The molecule has 10 nitrogen and oxygen atoms in total. The lowest BCUT2D eigenvalue weighted by Crippen LogP contribution is -2.78. The van der Waals surface area contributed by atoms with E-state index in [0.29, 0.717) is 0 Å². The Morgan fingerprint density at radius 3 is 2.15 bits per heavy atom. The lowest BCUT2D eigenvalue weighted by atomic mass is 10.1. The fourth-order valence-electron chi connectivity index (χ4n) is 3.51. The molecule has 0 atom stereocenters. The van der Waals surface area contributed by atoms with Crippen LogP contribution in [0, 0.1) is 10.2 Å². The minimum absolute atomic E-state index is 0.805. The number of methoxy groups -OCH3 is 2. The van der Waals surface area contributed by atoms with Gasteiger partial charge in [0, 0.05) is 18.7 Å². The average molecular weight is 495 g/mol. The number of nitrogens with zero attached hydrogens (tertiary/aromatic N) is 1. The molecule has 0 saturated carbocycles. The van der Waals surface area contributed by atoms with E-state index in [9.17, 15) is 0 Å². The molecule has 1 saturated heterocycles. The van der Waals surface area contributed by atoms with E-state index in [-0.39, 0.29) is 0 Å². The van der Waals surface area contributed by atoms with Gasteiger partial charge in [0.05, 0.1) is 45.4 Å². The number of ether oxygens (including phenoxy) is 3. The van der Waals surface area contributed by atoms with Gasteiger partial charge in [0.15, 0.2) is 6.54 Å². The first-order valence-corrected chi connectivity index (χ1v) is 11.8. The standard InChI is InChI=1S/C23H26N2O4.ClHO4/c1-26-18-5-3-17(4-6-18)23-16-21(24-9-10-25-11-13-28-14-12-25)20-15-19(27-2)7-8-22(20)29-23;2-1(3,4)5/h3-8,15-16H,9-14H2,1-2H3;(H,2,3,4,5). The molecule has 1 aromatic heterocycles. The third-order valence-corrected chi connectivity index (χ3v) is 5.19. The SMILES string of the molecule is COc1ccc(-c2cc(=[NH+]CCN3CCOCC3)c3cc(OC)ccc3o2)cc1.[O-][Cl+3]([O-])([O-])[O-]. The first-order valence-electron chi connectivity index (χ1n) is 10.5. The van der Waals surface area contributed by atoms with Crippen molar-refractivity contribution in [2.24, 2.45) is 0 Å². The molecule has 2 aromatic carbocycles. The van der Waals surface area contributed by atoms with Gasteiger partial charge in [-0.2, -0.15) is 0 Å². The average Bonchev–Trinajstić information content (AvgIpc) is 2.83. The predicted molar refractivity (Wildman–Crippen MR) is 111 cm³/mol. The van der Waals surface area contributed by atoms with Gasteiger partial charge in [-0.05, 0) is 42.5 Å². The van der Waals surface area contributed by atoms with Crippen molar-refractivity contribution in [2.45, 2.75) is 0 Å². The van der Waals surface area contributed by atoms with E-state index < -0.39 is 10.2 Å². The molecule has 0 aliphatic carbocycles. The van der Waals surface area contributed by atoms with Crippen molar-refractivity contribution in [1.82, 2.24) is 4.90 Å². The van der Waals surface area contributed by atoms with Gasteiger partial charge in [-0.1, -0.05) is 0 Å². The van der Waals surface area contributed by atoms with Crippen molar-refractivity contribution < 1.29 is 52.5 Å². The van der Waals surface area contributed by atoms with Crippen molar-refractivity contribution in [1.29, 1.82) is 0 Å². The molecular formula is C23H27ClN2O8. The summed E-state index contributed by atoms with van der Waals surface area (Å²) in [5.74, 6) is 2.43. The first-order chi connectivity index (χ1) is 16.3. The van der Waals surface area contributed by atoms with Crippen LogP contribution in [-0.2, 0) is 4.74 Å². The predicted octanol–water partition coefficient (Wildman–Crippen LogP) is -3.33. The molecule has 0 unspecified atom stereocenters. The summed E-state index contributed by atoms with van der Waals surface area (Å²) in [6, 6.07) is 15.8. The minimum Gasteiger partial charge on any atom is -0.497 e. The lowest BCUT2D eigenvalue weighted by molar-refractivity contribution is -2.00. The summed E-state index contributed by atoms with van der Waals surface area (Å²) in [6.45, 7) is 5.41. The van der Waals surface area contributed by atoms with Gasteiger partial charge in [0.2, 0.25) is 5.36 Å². The largest absolute Gasteiger partial charge is 0.497 e. The molecule has 4 rings (SSSR count). The molecule has 0 radical (unpaired) electrons. The highest BCUT2D eigenvalue weighted by Gasteiger charge is 2.13. The fraction of sp³-hybridized carbons (Fsp3) is 0.348. The van der Waals surface area contributed by atoms with Crippen LogP contribution >= 0.6 is 0 Å². The minimum atomic E-state index is -4.94. The van der Waals surface area contributed by atoms with Crippen molar-refractivity contribution in [3.63, 3.8) is 0 Å². The van der Waals surface area contributed by atoms with Crippen molar-refractivity contribution in [2.75, 3.05) is 53.6 Å². The Kier molecular flexibility index (Phi) is 9.25. The Morgan fingerprint density at radius 1 is 0.912 bits per heavy atom. The van der Waals surface area contributed by atoms with Crippen LogP contribution in [0.2, 0.25) is 0 Å². The topological polar surface area (TPSA) is 150 Å². The third kappa shape index (κ3) is 7.96. The summed E-state index contributed by atoms with van der Waals surface area (Å²) >= 11 is 0. The second-order valence-corrected chi connectivity index (χ2v) is 8.13. The number of hydrogen-bond donors (Lipinski definition) is 1. The number of morpholine rings is 1. The maximum absolute atomic E-state index is 8.49. The lowest BCUT2D eigenvalue weighted by Gasteiger charge is -2.24. The molecule has 0 spiro atoms. The Hall–Kier alpha value is -2.70. The zero-order chi connectivity index (χ0) is 24.6. The molecule has 11 heteroatoms. The molecule has 3 aromatic rings. The Labute approximate surface area is 199 Å². The molecule has 0 amide bonds. The Balaban J connectivity index is 0.000000588. The molecule has 1 N–H and O–H groups in total. The van der Waals surface area contributed by atoms with E-state index in [1.807, 2.05) is 42.5 Å². The maximum atomic E-state index is 8.49. The van der Waals surface area contributed by atoms with Crippen LogP contribution in [0.5, 0.6) is 11.5 Å². The molecule has 2 heterocycles. The van der Waals surface area contributed by atoms with Crippen LogP contribution < -0.4 is 38.5 Å². The Bertz CT molecular complexity index is 1120. The molecule has 34 heavy (non-hydrogen) atoms. The number of halogens is 1. The van der Waals surface area contributed by atoms with Crippen LogP contribution in [0.1, 0.15) is 0 Å². The van der Waals surface area contributed by atoms with Gasteiger partial charge in [-0.15, -0.1) is 10.2 Å². The molecule has 0 bridgehead atoms. The fourth-order valence-corrected chi connectivity index (χ4v) is 3.51. The summed E-state index contributed by atoms with van der Waals surface area (Å²) < 4.78 is 56.3. The molecule has 1 aliphatic heterocycles. The van der Waals surface area contributed by atoms with E-state index in [1.165, 1.54) is 0 Å². The monoisotopic (exact) mass is 494 g/mol. The van der Waals surface area contributed by atoms with E-state index in [0.717, 1.165) is 78.5 Å². The molecule has 184 valence electrons. The number of nitrogens with one attached hydrogen (secondary N) is 1. The molecular weight excluding hydrogens is 468 g/mol. The van der Waals surface area contributed by atoms with Gasteiger partial charge in [0.1, 0.15) is 22.8 Å². The highest BCUT2D eigenvalue weighted by Crippen LogP contribution is 2.25. The van der Waals surface area contributed by atoms with Gasteiger partial charge < -0.3 is 18.6 Å². The van der Waals surface area contributed by atoms with Crippen LogP contribution in [0.25, 0.3) is 22.3 Å². The summed E-state index contributed by atoms with van der Waals surface area (Å²) in [4.78, 5) is 6.01. The quantitative estimate of drug-likeness (QED) is 0.371. The van der Waals surface area contributed by atoms with Crippen molar-refractivity contribution in [3.8, 4) is 22.8 Å². The molecule has 1 fully saturated rings. The highest BCUT2D eigenvalue weighted by atomic mass is 35.7. The summed E-state index contributed by atoms with van der Waals surface area (Å²) in [5, 5.41) is 2.04. The van der Waals surface area contributed by atoms with Gasteiger partial charge in [0.25, 0.3) is 0 Å². The second-order valence-electron chi connectivity index (χ2n) is 7.37. The first kappa shape index (κ1) is 25.9. The van der Waals surface area contributed by atoms with E-state index in [4.69, 9.17) is 37.3 Å². The Morgan fingerprint density at radius 2 is 1.53 bits per heavy atom. The van der Waals surface area contributed by atoms with Crippen molar-refractivity contribution in [3.05, 3.63) is 53.9 Å². The van der Waals surface area contributed by atoms with E-state index in [1.54, 1.807) is 14.2 Å². The summed E-state index contributed by atoms with van der Waals surface area (Å²) in [7, 11) is -1.60. The van der Waals surface area contributed by atoms with Crippen LogP contribution in [-0.4, -0.2) is 58.5 Å². The van der Waals surface area contributed by atoms with Gasteiger partial charge >= 0.3 is 0 Å². The molecule has 1 aliphatic rings. The van der Waals surface area contributed by atoms with Crippen LogP contribution in [0.3, 0.4) is 0 Å².